The van der Waals surface area contributed by atoms with Gasteiger partial charge in [-0.15, -0.1) is 0 Å². The number of benzene rings is 1. The summed E-state index contributed by atoms with van der Waals surface area (Å²) in [7, 11) is 4.75. The minimum Gasteiger partial charge on any atom is -0.493 e. The van der Waals surface area contributed by atoms with Crippen LogP contribution in [0.25, 0.3) is 11.1 Å². The molecule has 0 saturated carbocycles. The second kappa shape index (κ2) is 8.78. The molecule has 0 fully saturated rings. The predicted octanol–water partition coefficient (Wildman–Crippen LogP) is 3.99. The lowest BCUT2D eigenvalue weighted by molar-refractivity contribution is -0.119. The number of amides is 1. The molecule has 160 valence electrons. The molecule has 6 nitrogen and oxygen atoms in total. The average molecular weight is 411 g/mol. The van der Waals surface area contributed by atoms with E-state index in [-0.39, 0.29) is 23.3 Å². The van der Waals surface area contributed by atoms with Crippen LogP contribution in [-0.4, -0.2) is 27.2 Å². The summed E-state index contributed by atoms with van der Waals surface area (Å²) in [4.78, 5) is 24.9. The molecule has 6 heteroatoms. The maximum Gasteiger partial charge on any atom is 0.217 e. The predicted molar refractivity (Wildman–Crippen MR) is 117 cm³/mol. The van der Waals surface area contributed by atoms with E-state index >= 15 is 0 Å². The Morgan fingerprint density at radius 3 is 2.33 bits per heavy atom. The molecule has 2 aromatic rings. The zero-order valence-corrected chi connectivity index (χ0v) is 18.4. The molecule has 1 N–H and O–H groups in total. The van der Waals surface area contributed by atoms with Crippen molar-refractivity contribution in [3.8, 4) is 28.4 Å². The number of hydrogen-bond donors (Lipinski definition) is 1. The fourth-order valence-corrected chi connectivity index (χ4v) is 4.20. The van der Waals surface area contributed by atoms with E-state index in [0.717, 1.165) is 27.8 Å². The fourth-order valence-electron chi connectivity index (χ4n) is 4.20. The highest BCUT2D eigenvalue weighted by molar-refractivity contribution is 5.83. The first kappa shape index (κ1) is 21.7. The Labute approximate surface area is 177 Å². The van der Waals surface area contributed by atoms with Crippen LogP contribution in [0.15, 0.2) is 29.1 Å². The number of rotatable bonds is 5. The number of carbonyl (C=O) groups excluding carboxylic acids is 1. The van der Waals surface area contributed by atoms with Gasteiger partial charge in [-0.05, 0) is 47.6 Å². The second-order valence-electron chi connectivity index (χ2n) is 7.79. The maximum absolute atomic E-state index is 13.0. The Morgan fingerprint density at radius 2 is 1.77 bits per heavy atom. The first-order valence-electron chi connectivity index (χ1n) is 10.1. The Bertz CT molecular complexity index is 1030. The highest BCUT2D eigenvalue weighted by Crippen LogP contribution is 2.50. The minimum atomic E-state index is -0.285. The summed E-state index contributed by atoms with van der Waals surface area (Å²) >= 11 is 0. The molecule has 0 saturated heterocycles. The highest BCUT2D eigenvalue weighted by atomic mass is 16.5. The van der Waals surface area contributed by atoms with Crippen LogP contribution in [0.2, 0.25) is 0 Å². The third kappa shape index (κ3) is 3.86. The van der Waals surface area contributed by atoms with Gasteiger partial charge in [0.05, 0.1) is 27.4 Å². The number of ether oxygens (including phenoxy) is 3. The zero-order chi connectivity index (χ0) is 22.0. The van der Waals surface area contributed by atoms with Gasteiger partial charge >= 0.3 is 0 Å². The lowest BCUT2D eigenvalue weighted by atomic mass is 9.95. The molecule has 0 bridgehead atoms. The lowest BCUT2D eigenvalue weighted by Crippen LogP contribution is -2.26. The Kier molecular flexibility index (Phi) is 6.34. The Balaban J connectivity index is 2.43. The van der Waals surface area contributed by atoms with Gasteiger partial charge in [-0.25, -0.2) is 0 Å². The SMILES string of the molecule is COc1cc2c(c(OC)c1OC)-c1ccc(C(C)C)c(=O)cc1[C@@H](NC(C)=O)CC2. The molecule has 1 aliphatic rings. The van der Waals surface area contributed by atoms with Crippen molar-refractivity contribution in [3.63, 3.8) is 0 Å². The van der Waals surface area contributed by atoms with E-state index in [9.17, 15) is 9.59 Å². The first-order chi connectivity index (χ1) is 14.3. The first-order valence-corrected chi connectivity index (χ1v) is 10.1. The van der Waals surface area contributed by atoms with Gasteiger partial charge in [0, 0.05) is 18.1 Å². The summed E-state index contributed by atoms with van der Waals surface area (Å²) in [6.07, 6.45) is 1.33. The quantitative estimate of drug-likeness (QED) is 0.805. The summed E-state index contributed by atoms with van der Waals surface area (Å²) in [6.45, 7) is 5.48. The van der Waals surface area contributed by atoms with Gasteiger partial charge in [-0.1, -0.05) is 26.0 Å². The molecule has 0 aromatic heterocycles. The molecule has 0 aliphatic heterocycles. The van der Waals surface area contributed by atoms with Crippen LogP contribution < -0.4 is 25.0 Å². The summed E-state index contributed by atoms with van der Waals surface area (Å²) in [5, 5.41) is 3.02. The van der Waals surface area contributed by atoms with Crippen molar-refractivity contribution in [1.82, 2.24) is 5.32 Å². The van der Waals surface area contributed by atoms with Crippen LogP contribution in [-0.2, 0) is 11.2 Å². The Hall–Kier alpha value is -3.02. The van der Waals surface area contributed by atoms with Crippen molar-refractivity contribution < 1.29 is 19.0 Å². The van der Waals surface area contributed by atoms with E-state index in [1.165, 1.54) is 6.92 Å². The van der Waals surface area contributed by atoms with Crippen molar-refractivity contribution in [2.45, 2.75) is 45.6 Å². The molecule has 0 unspecified atom stereocenters. The molecule has 1 amide bonds. The van der Waals surface area contributed by atoms with Gasteiger partial charge in [0.15, 0.2) is 16.9 Å². The minimum absolute atomic E-state index is 0.0375. The Morgan fingerprint density at radius 1 is 1.07 bits per heavy atom. The van der Waals surface area contributed by atoms with Crippen LogP contribution in [0.5, 0.6) is 17.2 Å². The monoisotopic (exact) mass is 411 g/mol. The van der Waals surface area contributed by atoms with E-state index < -0.39 is 0 Å². The average Bonchev–Trinajstić information content (AvgIpc) is 2.95. The van der Waals surface area contributed by atoms with Crippen LogP contribution in [0.3, 0.4) is 0 Å². The molecule has 0 heterocycles. The van der Waals surface area contributed by atoms with Gasteiger partial charge < -0.3 is 19.5 Å². The topological polar surface area (TPSA) is 73.9 Å². The maximum atomic E-state index is 13.0. The number of nitrogens with one attached hydrogen (secondary N) is 1. The van der Waals surface area contributed by atoms with E-state index in [1.807, 2.05) is 32.0 Å². The third-order valence-corrected chi connectivity index (χ3v) is 5.57. The molecule has 1 aliphatic carbocycles. The normalized spacial score (nSPS) is 15.0. The molecule has 2 aromatic carbocycles. The zero-order valence-electron chi connectivity index (χ0n) is 18.4. The number of methoxy groups -OCH3 is 3. The molecule has 30 heavy (non-hydrogen) atoms. The molecular weight excluding hydrogens is 382 g/mol. The van der Waals surface area contributed by atoms with Crippen LogP contribution in [0, 0.1) is 0 Å². The van der Waals surface area contributed by atoms with Crippen molar-refractivity contribution >= 4 is 5.91 Å². The van der Waals surface area contributed by atoms with Gasteiger partial charge in [0.25, 0.3) is 0 Å². The fraction of sp³-hybridized carbons (Fsp3) is 0.417. The van der Waals surface area contributed by atoms with Crippen molar-refractivity contribution in [1.29, 1.82) is 0 Å². The highest BCUT2D eigenvalue weighted by Gasteiger charge is 2.29. The van der Waals surface area contributed by atoms with Crippen LogP contribution in [0.1, 0.15) is 55.8 Å². The molecule has 0 spiro atoms. The largest absolute Gasteiger partial charge is 0.493 e. The van der Waals surface area contributed by atoms with E-state index in [4.69, 9.17) is 14.2 Å². The summed E-state index contributed by atoms with van der Waals surface area (Å²) in [6, 6.07) is 7.16. The lowest BCUT2D eigenvalue weighted by Gasteiger charge is -2.19. The van der Waals surface area contributed by atoms with Gasteiger partial charge in [0.2, 0.25) is 11.7 Å². The molecule has 3 rings (SSSR count). The number of aryl methyl sites for hydroxylation is 1. The standard InChI is InChI=1S/C24H29NO5/c1-13(2)16-8-9-17-18(12-20(16)27)19(25-14(3)26)10-7-15-11-21(28-4)23(29-5)24(30-6)22(15)17/h8-9,11-13,19H,7,10H2,1-6H3,(H,25,26)/t19-/m0/s1. The van der Waals surface area contributed by atoms with Crippen molar-refractivity contribution in [2.24, 2.45) is 0 Å². The van der Waals surface area contributed by atoms with Gasteiger partial charge in [-0.2, -0.15) is 0 Å². The van der Waals surface area contributed by atoms with E-state index in [1.54, 1.807) is 27.4 Å². The molecular formula is C24H29NO5. The number of carbonyl (C=O) groups is 1. The molecule has 1 atom stereocenters. The van der Waals surface area contributed by atoms with Crippen molar-refractivity contribution in [3.05, 3.63) is 51.2 Å². The number of hydrogen-bond acceptors (Lipinski definition) is 5. The smallest absolute Gasteiger partial charge is 0.217 e. The van der Waals surface area contributed by atoms with E-state index in [2.05, 4.69) is 5.32 Å². The third-order valence-electron chi connectivity index (χ3n) is 5.57. The van der Waals surface area contributed by atoms with Crippen LogP contribution in [0.4, 0.5) is 0 Å². The van der Waals surface area contributed by atoms with E-state index in [0.29, 0.717) is 30.1 Å². The summed E-state index contributed by atoms with van der Waals surface area (Å²) < 4.78 is 16.9. The van der Waals surface area contributed by atoms with Crippen molar-refractivity contribution in [2.75, 3.05) is 21.3 Å². The van der Waals surface area contributed by atoms with Gasteiger partial charge in [0.1, 0.15) is 0 Å². The van der Waals surface area contributed by atoms with Gasteiger partial charge in [-0.3, -0.25) is 9.59 Å². The second-order valence-corrected chi connectivity index (χ2v) is 7.79. The summed E-state index contributed by atoms with van der Waals surface area (Å²) in [5.41, 5.74) is 4.20. The van der Waals surface area contributed by atoms with Crippen LogP contribution >= 0.6 is 0 Å². The molecule has 0 radical (unpaired) electrons. The summed E-state index contributed by atoms with van der Waals surface area (Å²) in [5.74, 6) is 1.59. The number of fused-ring (bicyclic) bond motifs is 3.